The molecule has 1 aromatic carbocycles. The number of benzene rings is 1. The first-order valence-corrected chi connectivity index (χ1v) is 5.96. The van der Waals surface area contributed by atoms with Crippen molar-refractivity contribution in [3.05, 3.63) is 24.0 Å². The van der Waals surface area contributed by atoms with Gasteiger partial charge in [0.2, 0.25) is 5.91 Å². The van der Waals surface area contributed by atoms with Crippen molar-refractivity contribution in [3.63, 3.8) is 0 Å². The van der Waals surface area contributed by atoms with Gasteiger partial charge in [-0.05, 0) is 18.2 Å². The maximum atomic E-state index is 13.8. The quantitative estimate of drug-likeness (QED) is 0.815. The summed E-state index contributed by atoms with van der Waals surface area (Å²) in [5.74, 6) is -0.315. The Morgan fingerprint density at radius 3 is 2.65 bits per heavy atom. The van der Waals surface area contributed by atoms with Crippen LogP contribution < -0.4 is 9.80 Å². The zero-order valence-electron chi connectivity index (χ0n) is 9.85. The molecule has 5 heteroatoms. The van der Waals surface area contributed by atoms with Gasteiger partial charge in [-0.2, -0.15) is 12.6 Å². The number of halogens is 1. The summed E-state index contributed by atoms with van der Waals surface area (Å²) in [5, 5.41) is 0.0408. The predicted octanol–water partition coefficient (Wildman–Crippen LogP) is 1.93. The summed E-state index contributed by atoms with van der Waals surface area (Å²) in [5.41, 5.74) is 1.12. The third kappa shape index (κ3) is 2.39. The van der Waals surface area contributed by atoms with Gasteiger partial charge in [-0.3, -0.25) is 4.79 Å². The highest BCUT2D eigenvalue weighted by atomic mass is 32.1. The number of amides is 1. The normalized spacial score (nSPS) is 19.9. The SMILES string of the molecule is CN(C)c1ccc(N2CC(S)CC2=O)cc1F. The molecule has 1 saturated heterocycles. The topological polar surface area (TPSA) is 23.6 Å². The number of anilines is 2. The van der Waals surface area contributed by atoms with Crippen molar-refractivity contribution in [1.82, 2.24) is 0 Å². The van der Waals surface area contributed by atoms with E-state index < -0.39 is 0 Å². The van der Waals surface area contributed by atoms with E-state index in [0.29, 0.717) is 24.3 Å². The number of nitrogens with zero attached hydrogens (tertiary/aromatic N) is 2. The van der Waals surface area contributed by atoms with Crippen molar-refractivity contribution in [1.29, 1.82) is 0 Å². The second-order valence-electron chi connectivity index (χ2n) is 4.39. The molecule has 0 spiro atoms. The Morgan fingerprint density at radius 1 is 1.47 bits per heavy atom. The second kappa shape index (κ2) is 4.56. The fourth-order valence-corrected chi connectivity index (χ4v) is 2.28. The highest BCUT2D eigenvalue weighted by molar-refractivity contribution is 7.81. The first-order valence-electron chi connectivity index (χ1n) is 5.44. The summed E-state index contributed by atoms with van der Waals surface area (Å²) >= 11 is 4.28. The Kier molecular flexibility index (Phi) is 3.28. The molecule has 0 bridgehead atoms. The minimum absolute atomic E-state index is 0.00185. The number of hydrogen-bond acceptors (Lipinski definition) is 3. The van der Waals surface area contributed by atoms with Crippen molar-refractivity contribution in [2.75, 3.05) is 30.4 Å². The maximum Gasteiger partial charge on any atom is 0.228 e. The average Bonchev–Trinajstić information content (AvgIpc) is 2.57. The van der Waals surface area contributed by atoms with Crippen molar-refractivity contribution in [3.8, 4) is 0 Å². The highest BCUT2D eigenvalue weighted by Crippen LogP contribution is 2.28. The molecule has 92 valence electrons. The molecule has 1 unspecified atom stereocenters. The number of carbonyl (C=O) groups is 1. The maximum absolute atomic E-state index is 13.8. The predicted molar refractivity (Wildman–Crippen MR) is 70.5 cm³/mol. The Morgan fingerprint density at radius 2 is 2.18 bits per heavy atom. The van der Waals surface area contributed by atoms with Crippen LogP contribution in [0, 0.1) is 5.82 Å². The van der Waals surface area contributed by atoms with E-state index in [1.807, 2.05) is 0 Å². The molecule has 0 aliphatic carbocycles. The number of rotatable bonds is 2. The summed E-state index contributed by atoms with van der Waals surface area (Å²) in [7, 11) is 3.56. The van der Waals surface area contributed by atoms with E-state index in [-0.39, 0.29) is 17.0 Å². The van der Waals surface area contributed by atoms with E-state index in [9.17, 15) is 9.18 Å². The summed E-state index contributed by atoms with van der Waals surface area (Å²) in [6, 6.07) is 4.85. The van der Waals surface area contributed by atoms with Gasteiger partial charge in [0.1, 0.15) is 5.82 Å². The van der Waals surface area contributed by atoms with Crippen molar-refractivity contribution in [2.45, 2.75) is 11.7 Å². The van der Waals surface area contributed by atoms with Crippen molar-refractivity contribution in [2.24, 2.45) is 0 Å². The standard InChI is InChI=1S/C12H15FN2OS/c1-14(2)11-4-3-8(5-10(11)13)15-7-9(17)6-12(15)16/h3-5,9,17H,6-7H2,1-2H3. The molecule has 1 aliphatic heterocycles. The molecule has 17 heavy (non-hydrogen) atoms. The Bertz CT molecular complexity index is 450. The van der Waals surface area contributed by atoms with Crippen LogP contribution in [0.5, 0.6) is 0 Å². The molecule has 3 nitrogen and oxygen atoms in total. The lowest BCUT2D eigenvalue weighted by Crippen LogP contribution is -2.24. The number of thiol groups is 1. The molecule has 1 fully saturated rings. The van der Waals surface area contributed by atoms with E-state index in [2.05, 4.69) is 12.6 Å². The minimum Gasteiger partial charge on any atom is -0.375 e. The van der Waals surface area contributed by atoms with Gasteiger partial charge in [0, 0.05) is 38.0 Å². The van der Waals surface area contributed by atoms with Gasteiger partial charge in [0.05, 0.1) is 5.69 Å². The minimum atomic E-state index is -0.317. The molecular weight excluding hydrogens is 239 g/mol. The van der Waals surface area contributed by atoms with E-state index in [1.165, 1.54) is 6.07 Å². The molecule has 0 saturated carbocycles. The highest BCUT2D eigenvalue weighted by Gasteiger charge is 2.28. The van der Waals surface area contributed by atoms with E-state index >= 15 is 0 Å². The van der Waals surface area contributed by atoms with Crippen LogP contribution in [-0.4, -0.2) is 31.8 Å². The monoisotopic (exact) mass is 254 g/mol. The molecule has 1 aliphatic rings. The van der Waals surface area contributed by atoms with E-state index in [4.69, 9.17) is 0 Å². The third-order valence-corrected chi connectivity index (χ3v) is 3.18. The van der Waals surface area contributed by atoms with Crippen LogP contribution in [0.15, 0.2) is 18.2 Å². The Balaban J connectivity index is 2.29. The largest absolute Gasteiger partial charge is 0.375 e. The Labute approximate surface area is 106 Å². The number of hydrogen-bond donors (Lipinski definition) is 1. The lowest BCUT2D eigenvalue weighted by molar-refractivity contribution is -0.117. The second-order valence-corrected chi connectivity index (χ2v) is 5.12. The summed E-state index contributed by atoms with van der Waals surface area (Å²) < 4.78 is 13.8. The van der Waals surface area contributed by atoms with Gasteiger partial charge in [0.25, 0.3) is 0 Å². The third-order valence-electron chi connectivity index (χ3n) is 2.83. The summed E-state index contributed by atoms with van der Waals surface area (Å²) in [4.78, 5) is 14.9. The fourth-order valence-electron chi connectivity index (χ4n) is 1.96. The Hall–Kier alpha value is -1.23. The zero-order chi connectivity index (χ0) is 12.6. The van der Waals surface area contributed by atoms with Crippen LogP contribution in [0.3, 0.4) is 0 Å². The molecule has 1 heterocycles. The van der Waals surface area contributed by atoms with Crippen LogP contribution in [-0.2, 0) is 4.79 Å². The smallest absolute Gasteiger partial charge is 0.228 e. The zero-order valence-corrected chi connectivity index (χ0v) is 10.7. The van der Waals surface area contributed by atoms with Crippen LogP contribution >= 0.6 is 12.6 Å². The molecule has 1 amide bonds. The molecule has 0 aromatic heterocycles. The first-order chi connectivity index (χ1) is 7.99. The van der Waals surface area contributed by atoms with Crippen LogP contribution in [0.4, 0.5) is 15.8 Å². The van der Waals surface area contributed by atoms with Crippen LogP contribution in [0.1, 0.15) is 6.42 Å². The molecule has 1 atom stereocenters. The summed E-state index contributed by atoms with van der Waals surface area (Å²) in [6.07, 6.45) is 0.417. The van der Waals surface area contributed by atoms with E-state index in [1.54, 1.807) is 36.0 Å². The lowest BCUT2D eigenvalue weighted by Gasteiger charge is -2.19. The van der Waals surface area contributed by atoms with Gasteiger partial charge in [-0.25, -0.2) is 4.39 Å². The van der Waals surface area contributed by atoms with Crippen LogP contribution in [0.2, 0.25) is 0 Å². The van der Waals surface area contributed by atoms with E-state index in [0.717, 1.165) is 0 Å². The van der Waals surface area contributed by atoms with Gasteiger partial charge < -0.3 is 9.80 Å². The average molecular weight is 254 g/mol. The molecule has 1 aromatic rings. The van der Waals surface area contributed by atoms with Crippen molar-refractivity contribution >= 4 is 29.9 Å². The first kappa shape index (κ1) is 12.2. The molecule has 2 rings (SSSR count). The van der Waals surface area contributed by atoms with Crippen molar-refractivity contribution < 1.29 is 9.18 Å². The number of carbonyl (C=O) groups excluding carboxylic acids is 1. The van der Waals surface area contributed by atoms with Crippen LogP contribution in [0.25, 0.3) is 0 Å². The molecular formula is C12H15FN2OS. The van der Waals surface area contributed by atoms with Gasteiger partial charge >= 0.3 is 0 Å². The van der Waals surface area contributed by atoms with Gasteiger partial charge in [-0.1, -0.05) is 0 Å². The van der Waals surface area contributed by atoms with Gasteiger partial charge in [-0.15, -0.1) is 0 Å². The van der Waals surface area contributed by atoms with Gasteiger partial charge in [0.15, 0.2) is 0 Å². The molecule has 0 N–H and O–H groups in total. The summed E-state index contributed by atoms with van der Waals surface area (Å²) in [6.45, 7) is 0.544. The lowest BCUT2D eigenvalue weighted by atomic mass is 10.2. The fraction of sp³-hybridized carbons (Fsp3) is 0.417. The molecule has 0 radical (unpaired) electrons.